The zero-order chi connectivity index (χ0) is 16.7. The Balaban J connectivity index is 1.45. The predicted molar refractivity (Wildman–Crippen MR) is 87.2 cm³/mol. The molecule has 124 valence electrons. The number of hydrogen-bond donors (Lipinski definition) is 0. The standard InChI is InChI=1S/C18H19N3O3/c1-24-17(23)12-10-18(12)6-8-21(9-7-18)16(22)15-11-19-13-4-2-3-5-14(13)20-15/h2-5,11-12H,6-10H2,1H3. The van der Waals surface area contributed by atoms with E-state index in [9.17, 15) is 9.59 Å². The Kier molecular flexibility index (Phi) is 3.48. The number of carbonyl (C=O) groups is 2. The van der Waals surface area contributed by atoms with Gasteiger partial charge in [-0.15, -0.1) is 0 Å². The zero-order valence-electron chi connectivity index (χ0n) is 13.6. The van der Waals surface area contributed by atoms with E-state index in [1.54, 1.807) is 6.20 Å². The number of piperidine rings is 1. The second-order valence-corrected chi connectivity index (χ2v) is 6.68. The molecule has 1 aromatic carbocycles. The van der Waals surface area contributed by atoms with Gasteiger partial charge in [-0.25, -0.2) is 4.98 Å². The van der Waals surface area contributed by atoms with Crippen molar-refractivity contribution in [3.05, 3.63) is 36.2 Å². The van der Waals surface area contributed by atoms with Crippen molar-refractivity contribution in [3.63, 3.8) is 0 Å². The summed E-state index contributed by atoms with van der Waals surface area (Å²) >= 11 is 0. The van der Waals surface area contributed by atoms with Crippen LogP contribution >= 0.6 is 0 Å². The minimum absolute atomic E-state index is 0.0141. The number of carbonyl (C=O) groups excluding carboxylic acids is 2. The van der Waals surface area contributed by atoms with E-state index in [1.165, 1.54) is 7.11 Å². The van der Waals surface area contributed by atoms with Gasteiger partial charge in [0.2, 0.25) is 0 Å². The Hall–Kier alpha value is -2.50. The second-order valence-electron chi connectivity index (χ2n) is 6.68. The number of nitrogens with zero attached hydrogens (tertiary/aromatic N) is 3. The number of esters is 1. The first kappa shape index (κ1) is 15.1. The summed E-state index contributed by atoms with van der Waals surface area (Å²) in [7, 11) is 1.44. The molecule has 2 fully saturated rings. The summed E-state index contributed by atoms with van der Waals surface area (Å²) in [5.41, 5.74) is 1.94. The van der Waals surface area contributed by atoms with Gasteiger partial charge in [0.1, 0.15) is 5.69 Å². The molecule has 0 bridgehead atoms. The maximum Gasteiger partial charge on any atom is 0.309 e. The molecule has 1 amide bonds. The van der Waals surface area contributed by atoms with Crippen LogP contribution in [-0.2, 0) is 9.53 Å². The zero-order valence-corrected chi connectivity index (χ0v) is 13.6. The molecule has 0 N–H and O–H groups in total. The smallest absolute Gasteiger partial charge is 0.309 e. The van der Waals surface area contributed by atoms with Gasteiger partial charge >= 0.3 is 5.97 Å². The number of rotatable bonds is 2. The number of likely N-dealkylation sites (tertiary alicyclic amines) is 1. The fraction of sp³-hybridized carbons (Fsp3) is 0.444. The van der Waals surface area contributed by atoms with Gasteiger partial charge in [-0.05, 0) is 36.8 Å². The molecule has 2 aromatic rings. The third kappa shape index (κ3) is 2.42. The molecule has 1 aliphatic heterocycles. The van der Waals surface area contributed by atoms with Gasteiger partial charge < -0.3 is 9.64 Å². The van der Waals surface area contributed by atoms with E-state index in [2.05, 4.69) is 9.97 Å². The molecule has 0 radical (unpaired) electrons. The highest BCUT2D eigenvalue weighted by molar-refractivity contribution is 5.94. The molecule has 1 aliphatic carbocycles. The Morgan fingerprint density at radius 3 is 2.62 bits per heavy atom. The van der Waals surface area contributed by atoms with Crippen molar-refractivity contribution in [3.8, 4) is 0 Å². The topological polar surface area (TPSA) is 72.4 Å². The lowest BCUT2D eigenvalue weighted by Crippen LogP contribution is -2.40. The van der Waals surface area contributed by atoms with Crippen molar-refractivity contribution in [1.82, 2.24) is 14.9 Å². The molecule has 1 spiro atoms. The van der Waals surface area contributed by atoms with Crippen LogP contribution in [0.3, 0.4) is 0 Å². The molecule has 24 heavy (non-hydrogen) atoms. The Morgan fingerprint density at radius 2 is 1.92 bits per heavy atom. The molecule has 1 atom stereocenters. The number of benzene rings is 1. The number of aromatic nitrogens is 2. The fourth-order valence-corrected chi connectivity index (χ4v) is 3.75. The number of fused-ring (bicyclic) bond motifs is 1. The van der Waals surface area contributed by atoms with E-state index in [-0.39, 0.29) is 23.2 Å². The molecule has 4 rings (SSSR count). The summed E-state index contributed by atoms with van der Waals surface area (Å²) in [4.78, 5) is 34.9. The first-order valence-electron chi connectivity index (χ1n) is 8.22. The summed E-state index contributed by atoms with van der Waals surface area (Å²) in [6, 6.07) is 7.52. The monoisotopic (exact) mass is 325 g/mol. The Morgan fingerprint density at radius 1 is 1.21 bits per heavy atom. The lowest BCUT2D eigenvalue weighted by atomic mass is 9.90. The van der Waals surface area contributed by atoms with Crippen LogP contribution < -0.4 is 0 Å². The van der Waals surface area contributed by atoms with Crippen LogP contribution in [0.2, 0.25) is 0 Å². The lowest BCUT2D eigenvalue weighted by molar-refractivity contribution is -0.143. The number of ether oxygens (including phenoxy) is 1. The second kappa shape index (κ2) is 5.54. The molecule has 2 aliphatic rings. The van der Waals surface area contributed by atoms with Gasteiger partial charge in [-0.3, -0.25) is 14.6 Å². The largest absolute Gasteiger partial charge is 0.469 e. The quantitative estimate of drug-likeness (QED) is 0.790. The molecule has 1 saturated carbocycles. The fourth-order valence-electron chi connectivity index (χ4n) is 3.75. The summed E-state index contributed by atoms with van der Waals surface area (Å²) < 4.78 is 4.85. The van der Waals surface area contributed by atoms with E-state index < -0.39 is 0 Å². The summed E-state index contributed by atoms with van der Waals surface area (Å²) in [6.07, 6.45) is 4.12. The van der Waals surface area contributed by atoms with Crippen LogP contribution in [0.15, 0.2) is 30.5 Å². The first-order valence-corrected chi connectivity index (χ1v) is 8.22. The summed E-state index contributed by atoms with van der Waals surface area (Å²) in [5, 5.41) is 0. The Bertz CT molecular complexity index is 812. The van der Waals surface area contributed by atoms with Crippen LogP contribution in [0.25, 0.3) is 11.0 Å². The maximum absolute atomic E-state index is 12.7. The van der Waals surface area contributed by atoms with Gasteiger partial charge in [0, 0.05) is 13.1 Å². The SMILES string of the molecule is COC(=O)C1CC12CCN(C(=O)c1cnc3ccccc3n1)CC2. The van der Waals surface area contributed by atoms with Gasteiger partial charge in [0.15, 0.2) is 0 Å². The van der Waals surface area contributed by atoms with Crippen molar-refractivity contribution in [2.45, 2.75) is 19.3 Å². The minimum Gasteiger partial charge on any atom is -0.469 e. The van der Waals surface area contributed by atoms with Crippen molar-refractivity contribution in [1.29, 1.82) is 0 Å². The van der Waals surface area contributed by atoms with E-state index in [0.717, 1.165) is 30.3 Å². The number of amides is 1. The number of hydrogen-bond acceptors (Lipinski definition) is 5. The third-order valence-electron chi connectivity index (χ3n) is 5.39. The van der Waals surface area contributed by atoms with Gasteiger partial charge in [-0.2, -0.15) is 0 Å². The summed E-state index contributed by atoms with van der Waals surface area (Å²) in [5.74, 6) is -0.186. The molecular formula is C18H19N3O3. The van der Waals surface area contributed by atoms with Crippen molar-refractivity contribution < 1.29 is 14.3 Å². The summed E-state index contributed by atoms with van der Waals surface area (Å²) in [6.45, 7) is 1.31. The molecule has 1 saturated heterocycles. The van der Waals surface area contributed by atoms with Crippen molar-refractivity contribution in [2.24, 2.45) is 11.3 Å². The number of para-hydroxylation sites is 2. The highest BCUT2D eigenvalue weighted by Gasteiger charge is 2.59. The predicted octanol–water partition coefficient (Wildman–Crippen LogP) is 2.05. The Labute approximate surface area is 139 Å². The van der Waals surface area contributed by atoms with Crippen LogP contribution in [0.4, 0.5) is 0 Å². The minimum atomic E-state index is -0.116. The highest BCUT2D eigenvalue weighted by Crippen LogP contribution is 2.59. The number of methoxy groups -OCH3 is 1. The van der Waals surface area contributed by atoms with E-state index >= 15 is 0 Å². The molecule has 1 aromatic heterocycles. The van der Waals surface area contributed by atoms with Crippen LogP contribution in [-0.4, -0.2) is 46.9 Å². The van der Waals surface area contributed by atoms with Crippen LogP contribution in [0.1, 0.15) is 29.8 Å². The van der Waals surface area contributed by atoms with Crippen LogP contribution in [0.5, 0.6) is 0 Å². The third-order valence-corrected chi connectivity index (χ3v) is 5.39. The van der Waals surface area contributed by atoms with Crippen molar-refractivity contribution in [2.75, 3.05) is 20.2 Å². The molecule has 2 heterocycles. The highest BCUT2D eigenvalue weighted by atomic mass is 16.5. The lowest BCUT2D eigenvalue weighted by Gasteiger charge is -2.32. The normalized spacial score (nSPS) is 21.7. The van der Waals surface area contributed by atoms with Gasteiger partial charge in [0.25, 0.3) is 5.91 Å². The first-order chi connectivity index (χ1) is 11.6. The van der Waals surface area contributed by atoms with E-state index in [1.807, 2.05) is 29.2 Å². The van der Waals surface area contributed by atoms with E-state index in [4.69, 9.17) is 4.74 Å². The van der Waals surface area contributed by atoms with Crippen molar-refractivity contribution >= 4 is 22.9 Å². The molecule has 6 nitrogen and oxygen atoms in total. The van der Waals surface area contributed by atoms with Gasteiger partial charge in [0.05, 0.1) is 30.3 Å². The average molecular weight is 325 g/mol. The molecule has 6 heteroatoms. The molecular weight excluding hydrogens is 306 g/mol. The van der Waals surface area contributed by atoms with E-state index in [0.29, 0.717) is 18.8 Å². The average Bonchev–Trinajstić information content (AvgIpc) is 3.34. The van der Waals surface area contributed by atoms with Gasteiger partial charge in [-0.1, -0.05) is 12.1 Å². The molecule has 1 unspecified atom stereocenters. The van der Waals surface area contributed by atoms with Crippen LogP contribution in [0, 0.1) is 11.3 Å². The maximum atomic E-state index is 12.7.